The highest BCUT2D eigenvalue weighted by Gasteiger charge is 2.08. The summed E-state index contributed by atoms with van der Waals surface area (Å²) in [7, 11) is 0. The van der Waals surface area contributed by atoms with Crippen LogP contribution in [0.3, 0.4) is 0 Å². The molecule has 18 heavy (non-hydrogen) atoms. The largest absolute Gasteiger partial charge is 0.454 e. The highest BCUT2D eigenvalue weighted by atomic mass is 19.1. The first kappa shape index (κ1) is 12.2. The number of carbonyl (C=O) groups excluding carboxylic acids is 1. The average molecular weight is 248 g/mol. The second-order valence-corrected chi connectivity index (χ2v) is 3.82. The topological polar surface area (TPSA) is 26.3 Å². The molecule has 0 N–H and O–H groups in total. The second kappa shape index (κ2) is 4.96. The molecule has 2 aromatic rings. The molecular formula is C14H10F2O2. The summed E-state index contributed by atoms with van der Waals surface area (Å²) >= 11 is 0. The van der Waals surface area contributed by atoms with Crippen molar-refractivity contribution in [2.75, 3.05) is 0 Å². The average Bonchev–Trinajstić information content (AvgIpc) is 2.36. The fraction of sp³-hybridized carbons (Fsp3) is 0.0714. The molecule has 0 spiro atoms. The Morgan fingerprint density at radius 3 is 2.50 bits per heavy atom. The van der Waals surface area contributed by atoms with Crippen LogP contribution >= 0.6 is 0 Å². The van der Waals surface area contributed by atoms with Crippen molar-refractivity contribution in [2.24, 2.45) is 0 Å². The number of rotatable bonds is 3. The van der Waals surface area contributed by atoms with Crippen LogP contribution < -0.4 is 4.74 Å². The molecule has 0 aliphatic heterocycles. The second-order valence-electron chi connectivity index (χ2n) is 3.82. The van der Waals surface area contributed by atoms with Crippen molar-refractivity contribution in [2.45, 2.75) is 6.92 Å². The van der Waals surface area contributed by atoms with Crippen LogP contribution in [0.1, 0.15) is 15.9 Å². The standard InChI is InChI=1S/C14H10F2O2/c1-9-2-4-11(15)7-14(9)18-13-5-3-10(8-17)6-12(13)16/h2-8H,1H3. The van der Waals surface area contributed by atoms with Crippen molar-refractivity contribution in [1.82, 2.24) is 0 Å². The SMILES string of the molecule is Cc1ccc(F)cc1Oc1ccc(C=O)cc1F. The quantitative estimate of drug-likeness (QED) is 0.770. The van der Waals surface area contributed by atoms with Crippen LogP contribution in [-0.4, -0.2) is 6.29 Å². The number of benzene rings is 2. The van der Waals surface area contributed by atoms with Crippen LogP contribution in [0.5, 0.6) is 11.5 Å². The number of hydrogen-bond donors (Lipinski definition) is 0. The van der Waals surface area contributed by atoms with Crippen molar-refractivity contribution in [3.63, 3.8) is 0 Å². The molecule has 0 atom stereocenters. The molecule has 0 unspecified atom stereocenters. The van der Waals surface area contributed by atoms with E-state index in [0.29, 0.717) is 11.8 Å². The van der Waals surface area contributed by atoms with Gasteiger partial charge in [0.1, 0.15) is 17.9 Å². The summed E-state index contributed by atoms with van der Waals surface area (Å²) < 4.78 is 31.9. The van der Waals surface area contributed by atoms with Crippen LogP contribution in [0.2, 0.25) is 0 Å². The number of carbonyl (C=O) groups is 1. The van der Waals surface area contributed by atoms with Gasteiger partial charge < -0.3 is 4.74 Å². The third-order valence-electron chi connectivity index (χ3n) is 2.46. The van der Waals surface area contributed by atoms with Gasteiger partial charge in [0.05, 0.1) is 0 Å². The smallest absolute Gasteiger partial charge is 0.166 e. The van der Waals surface area contributed by atoms with Crippen molar-refractivity contribution in [1.29, 1.82) is 0 Å². The zero-order valence-corrected chi connectivity index (χ0v) is 9.61. The Kier molecular flexibility index (Phi) is 3.37. The molecule has 2 nitrogen and oxygen atoms in total. The fourth-order valence-electron chi connectivity index (χ4n) is 1.48. The van der Waals surface area contributed by atoms with Gasteiger partial charge in [-0.25, -0.2) is 8.78 Å². The third kappa shape index (κ3) is 2.53. The minimum absolute atomic E-state index is 0.0469. The number of halogens is 2. The van der Waals surface area contributed by atoms with Gasteiger partial charge in [-0.2, -0.15) is 0 Å². The van der Waals surface area contributed by atoms with Crippen molar-refractivity contribution < 1.29 is 18.3 Å². The molecule has 0 aromatic heterocycles. The van der Waals surface area contributed by atoms with Crippen molar-refractivity contribution >= 4 is 6.29 Å². The van der Waals surface area contributed by atoms with Gasteiger partial charge in [0.25, 0.3) is 0 Å². The lowest BCUT2D eigenvalue weighted by atomic mass is 10.2. The van der Waals surface area contributed by atoms with Gasteiger partial charge in [-0.05, 0) is 36.8 Å². The van der Waals surface area contributed by atoms with Crippen molar-refractivity contribution in [3.05, 3.63) is 59.2 Å². The van der Waals surface area contributed by atoms with E-state index in [0.717, 1.165) is 6.07 Å². The van der Waals surface area contributed by atoms with Gasteiger partial charge in [-0.3, -0.25) is 4.79 Å². The predicted molar refractivity (Wildman–Crippen MR) is 63.0 cm³/mol. The van der Waals surface area contributed by atoms with E-state index in [4.69, 9.17) is 4.74 Å². The molecular weight excluding hydrogens is 238 g/mol. The summed E-state index contributed by atoms with van der Waals surface area (Å²) in [4.78, 5) is 10.5. The lowest BCUT2D eigenvalue weighted by Crippen LogP contribution is -1.93. The minimum Gasteiger partial charge on any atom is -0.454 e. The number of hydrogen-bond acceptors (Lipinski definition) is 2. The maximum absolute atomic E-state index is 13.6. The summed E-state index contributed by atoms with van der Waals surface area (Å²) in [6.07, 6.45) is 0.542. The molecule has 0 saturated carbocycles. The molecule has 0 amide bonds. The van der Waals surface area contributed by atoms with E-state index in [2.05, 4.69) is 0 Å². The number of aryl methyl sites for hydroxylation is 1. The van der Waals surface area contributed by atoms with E-state index in [9.17, 15) is 13.6 Å². The molecule has 2 rings (SSSR count). The third-order valence-corrected chi connectivity index (χ3v) is 2.46. The van der Waals surface area contributed by atoms with E-state index >= 15 is 0 Å². The van der Waals surface area contributed by atoms with Gasteiger partial charge in [0.2, 0.25) is 0 Å². The lowest BCUT2D eigenvalue weighted by molar-refractivity contribution is 0.112. The summed E-state index contributed by atoms with van der Waals surface area (Å²) in [6.45, 7) is 1.73. The first-order valence-electron chi connectivity index (χ1n) is 5.29. The van der Waals surface area contributed by atoms with E-state index in [-0.39, 0.29) is 17.1 Å². The Balaban J connectivity index is 2.34. The first-order chi connectivity index (χ1) is 8.60. The molecule has 0 fully saturated rings. The monoisotopic (exact) mass is 248 g/mol. The summed E-state index contributed by atoms with van der Waals surface area (Å²) in [6, 6.07) is 7.86. The Hall–Kier alpha value is -2.23. The van der Waals surface area contributed by atoms with E-state index in [1.54, 1.807) is 13.0 Å². The normalized spacial score (nSPS) is 10.2. The van der Waals surface area contributed by atoms with E-state index in [1.165, 1.54) is 24.3 Å². The first-order valence-corrected chi connectivity index (χ1v) is 5.29. The molecule has 0 heterocycles. The molecule has 2 aromatic carbocycles. The Morgan fingerprint density at radius 1 is 1.06 bits per heavy atom. The molecule has 0 aliphatic rings. The summed E-state index contributed by atoms with van der Waals surface area (Å²) in [5.74, 6) is -0.925. The summed E-state index contributed by atoms with van der Waals surface area (Å²) in [5, 5.41) is 0. The van der Waals surface area contributed by atoms with Crippen LogP contribution in [0.15, 0.2) is 36.4 Å². The van der Waals surface area contributed by atoms with Crippen LogP contribution in [0.25, 0.3) is 0 Å². The Labute approximate surface area is 103 Å². The zero-order valence-electron chi connectivity index (χ0n) is 9.61. The Bertz CT molecular complexity index is 594. The van der Waals surface area contributed by atoms with Gasteiger partial charge >= 0.3 is 0 Å². The van der Waals surface area contributed by atoms with Gasteiger partial charge in [0.15, 0.2) is 11.6 Å². The number of ether oxygens (including phenoxy) is 1. The molecule has 0 aliphatic carbocycles. The van der Waals surface area contributed by atoms with E-state index in [1.807, 2.05) is 0 Å². The maximum atomic E-state index is 13.6. The summed E-state index contributed by atoms with van der Waals surface area (Å²) in [5.41, 5.74) is 0.908. The van der Waals surface area contributed by atoms with Gasteiger partial charge in [-0.1, -0.05) is 6.07 Å². The van der Waals surface area contributed by atoms with Crippen molar-refractivity contribution in [3.8, 4) is 11.5 Å². The molecule has 0 radical (unpaired) electrons. The molecule has 4 heteroatoms. The molecule has 92 valence electrons. The fourth-order valence-corrected chi connectivity index (χ4v) is 1.48. The minimum atomic E-state index is -0.664. The van der Waals surface area contributed by atoms with E-state index < -0.39 is 11.6 Å². The zero-order chi connectivity index (χ0) is 13.1. The Morgan fingerprint density at radius 2 is 1.83 bits per heavy atom. The molecule has 0 bridgehead atoms. The van der Waals surface area contributed by atoms with Crippen LogP contribution in [0.4, 0.5) is 8.78 Å². The predicted octanol–water partition coefficient (Wildman–Crippen LogP) is 3.88. The van der Waals surface area contributed by atoms with Gasteiger partial charge in [0, 0.05) is 11.6 Å². The highest BCUT2D eigenvalue weighted by Crippen LogP contribution is 2.28. The molecule has 0 saturated heterocycles. The maximum Gasteiger partial charge on any atom is 0.166 e. The van der Waals surface area contributed by atoms with Crippen LogP contribution in [0, 0.1) is 18.6 Å². The lowest BCUT2D eigenvalue weighted by Gasteiger charge is -2.09. The van der Waals surface area contributed by atoms with Crippen LogP contribution in [-0.2, 0) is 0 Å². The highest BCUT2D eigenvalue weighted by molar-refractivity contribution is 5.75. The van der Waals surface area contributed by atoms with Gasteiger partial charge in [-0.15, -0.1) is 0 Å². The number of aldehydes is 1.